The van der Waals surface area contributed by atoms with Gasteiger partial charge in [0.15, 0.2) is 11.6 Å². The van der Waals surface area contributed by atoms with Crippen LogP contribution in [0.15, 0.2) is 30.6 Å². The zero-order valence-electron chi connectivity index (χ0n) is 8.99. The zero-order chi connectivity index (χ0) is 12.4. The predicted molar refractivity (Wildman–Crippen MR) is 58.3 cm³/mol. The summed E-state index contributed by atoms with van der Waals surface area (Å²) in [6.07, 6.45) is 2.69. The first-order valence-electron chi connectivity index (χ1n) is 4.85. The van der Waals surface area contributed by atoms with Gasteiger partial charge < -0.3 is 5.11 Å². The van der Waals surface area contributed by atoms with Gasteiger partial charge >= 0.3 is 5.97 Å². The van der Waals surface area contributed by atoms with Crippen LogP contribution in [0.25, 0.3) is 5.82 Å². The Balaban J connectivity index is 2.64. The number of carboxylic acids is 1. The van der Waals surface area contributed by atoms with Crippen molar-refractivity contribution in [2.75, 3.05) is 0 Å². The molecule has 0 saturated carbocycles. The Morgan fingerprint density at radius 1 is 1.35 bits per heavy atom. The molecule has 17 heavy (non-hydrogen) atoms. The normalized spacial score (nSPS) is 10.2. The van der Waals surface area contributed by atoms with Crippen molar-refractivity contribution in [1.82, 2.24) is 14.8 Å². The van der Waals surface area contributed by atoms with Gasteiger partial charge in [0, 0.05) is 13.1 Å². The van der Waals surface area contributed by atoms with Crippen LogP contribution in [0.4, 0.5) is 0 Å². The summed E-state index contributed by atoms with van der Waals surface area (Å²) in [7, 11) is 0. The predicted octanol–water partition coefficient (Wildman–Crippen LogP) is 1.17. The number of pyridine rings is 1. The average molecular weight is 231 g/mol. The van der Waals surface area contributed by atoms with E-state index in [-0.39, 0.29) is 17.0 Å². The third kappa shape index (κ3) is 1.92. The van der Waals surface area contributed by atoms with Crippen molar-refractivity contribution in [3.05, 3.63) is 41.9 Å². The molecule has 0 aliphatic heterocycles. The number of ketones is 1. The summed E-state index contributed by atoms with van der Waals surface area (Å²) in [5.74, 6) is -1.15. The number of Topliss-reactive ketones (excluding diaryl/α,β-unsaturated/α-hetero) is 1. The minimum Gasteiger partial charge on any atom is -0.478 e. The molecule has 0 aliphatic rings. The number of carbonyl (C=O) groups is 2. The lowest BCUT2D eigenvalue weighted by Gasteiger charge is -2.03. The standard InChI is InChI=1S/C11H9N3O3/c1-7(15)10-8(11(16)17)6-13-14(10)9-4-2-3-5-12-9/h2-6H,1H3,(H,16,17). The first-order chi connectivity index (χ1) is 8.11. The molecule has 2 aromatic heterocycles. The highest BCUT2D eigenvalue weighted by Crippen LogP contribution is 2.13. The molecule has 1 N–H and O–H groups in total. The van der Waals surface area contributed by atoms with Crippen molar-refractivity contribution in [2.24, 2.45) is 0 Å². The van der Waals surface area contributed by atoms with Crippen LogP contribution in [-0.2, 0) is 0 Å². The highest BCUT2D eigenvalue weighted by Gasteiger charge is 2.21. The van der Waals surface area contributed by atoms with Gasteiger partial charge in [-0.05, 0) is 12.1 Å². The number of nitrogens with zero attached hydrogens (tertiary/aromatic N) is 3. The maximum Gasteiger partial charge on any atom is 0.339 e. The lowest BCUT2D eigenvalue weighted by atomic mass is 10.2. The van der Waals surface area contributed by atoms with E-state index >= 15 is 0 Å². The van der Waals surface area contributed by atoms with Crippen LogP contribution >= 0.6 is 0 Å². The van der Waals surface area contributed by atoms with Gasteiger partial charge in [0.25, 0.3) is 0 Å². The molecule has 0 fully saturated rings. The van der Waals surface area contributed by atoms with Crippen LogP contribution in [0.3, 0.4) is 0 Å². The average Bonchev–Trinajstić information content (AvgIpc) is 2.74. The second kappa shape index (κ2) is 4.17. The maximum atomic E-state index is 11.5. The molecular formula is C11H9N3O3. The Morgan fingerprint density at radius 2 is 2.12 bits per heavy atom. The van der Waals surface area contributed by atoms with Crippen LogP contribution in [0.5, 0.6) is 0 Å². The van der Waals surface area contributed by atoms with E-state index in [0.29, 0.717) is 5.82 Å². The van der Waals surface area contributed by atoms with Crippen LogP contribution < -0.4 is 0 Å². The van der Waals surface area contributed by atoms with Crippen molar-refractivity contribution in [3.8, 4) is 5.82 Å². The molecule has 2 aromatic rings. The van der Waals surface area contributed by atoms with Crippen molar-refractivity contribution < 1.29 is 14.7 Å². The third-order valence-corrected chi connectivity index (χ3v) is 2.20. The van der Waals surface area contributed by atoms with E-state index in [2.05, 4.69) is 10.1 Å². The van der Waals surface area contributed by atoms with Gasteiger partial charge in [-0.15, -0.1) is 0 Å². The Kier molecular flexibility index (Phi) is 2.70. The van der Waals surface area contributed by atoms with E-state index in [0.717, 1.165) is 6.20 Å². The van der Waals surface area contributed by atoms with Crippen LogP contribution in [0.2, 0.25) is 0 Å². The van der Waals surface area contributed by atoms with E-state index in [4.69, 9.17) is 5.11 Å². The molecule has 0 amide bonds. The van der Waals surface area contributed by atoms with Gasteiger partial charge in [-0.2, -0.15) is 5.10 Å². The number of rotatable bonds is 3. The highest BCUT2D eigenvalue weighted by atomic mass is 16.4. The van der Waals surface area contributed by atoms with Crippen LogP contribution in [-0.4, -0.2) is 31.6 Å². The molecule has 0 radical (unpaired) electrons. The number of aromatic carboxylic acids is 1. The van der Waals surface area contributed by atoms with E-state index in [1.807, 2.05) is 0 Å². The molecule has 0 saturated heterocycles. The topological polar surface area (TPSA) is 85.1 Å². The van der Waals surface area contributed by atoms with Gasteiger partial charge in [-0.1, -0.05) is 6.07 Å². The number of carbonyl (C=O) groups excluding carboxylic acids is 1. The molecule has 0 spiro atoms. The van der Waals surface area contributed by atoms with E-state index in [9.17, 15) is 9.59 Å². The smallest absolute Gasteiger partial charge is 0.339 e. The fourth-order valence-electron chi connectivity index (χ4n) is 1.50. The quantitative estimate of drug-likeness (QED) is 0.801. The second-order valence-corrected chi connectivity index (χ2v) is 3.37. The zero-order valence-corrected chi connectivity index (χ0v) is 8.99. The van der Waals surface area contributed by atoms with E-state index < -0.39 is 5.97 Å². The highest BCUT2D eigenvalue weighted by molar-refractivity contribution is 6.03. The molecule has 6 nitrogen and oxygen atoms in total. The summed E-state index contributed by atoms with van der Waals surface area (Å²) in [4.78, 5) is 26.4. The minimum atomic E-state index is -1.18. The van der Waals surface area contributed by atoms with Gasteiger partial charge in [0.05, 0.1) is 6.20 Å². The summed E-state index contributed by atoms with van der Waals surface area (Å²) in [6, 6.07) is 5.10. The molecule has 0 aromatic carbocycles. The summed E-state index contributed by atoms with van der Waals surface area (Å²) in [5.41, 5.74) is -0.0978. The lowest BCUT2D eigenvalue weighted by Crippen LogP contribution is -2.11. The molecule has 0 atom stereocenters. The fourth-order valence-corrected chi connectivity index (χ4v) is 1.50. The van der Waals surface area contributed by atoms with Crippen LogP contribution in [0, 0.1) is 0 Å². The SMILES string of the molecule is CC(=O)c1c(C(=O)O)cnn1-c1ccccn1. The first-order valence-corrected chi connectivity index (χ1v) is 4.85. The summed E-state index contributed by atoms with van der Waals surface area (Å²) < 4.78 is 1.23. The largest absolute Gasteiger partial charge is 0.478 e. The van der Waals surface area contributed by atoms with Gasteiger partial charge in [0.1, 0.15) is 11.3 Å². The second-order valence-electron chi connectivity index (χ2n) is 3.37. The van der Waals surface area contributed by atoms with E-state index in [1.165, 1.54) is 11.6 Å². The van der Waals surface area contributed by atoms with Crippen LogP contribution in [0.1, 0.15) is 27.8 Å². The van der Waals surface area contributed by atoms with Crippen molar-refractivity contribution in [1.29, 1.82) is 0 Å². The molecular weight excluding hydrogens is 222 g/mol. The Labute approximate surface area is 96.5 Å². The van der Waals surface area contributed by atoms with Gasteiger partial charge in [0.2, 0.25) is 0 Å². The molecule has 0 bridgehead atoms. The molecule has 6 heteroatoms. The van der Waals surface area contributed by atoms with Gasteiger partial charge in [-0.3, -0.25) is 4.79 Å². The molecule has 0 aliphatic carbocycles. The minimum absolute atomic E-state index is 0.0243. The lowest BCUT2D eigenvalue weighted by molar-refractivity contribution is 0.0692. The Morgan fingerprint density at radius 3 is 2.65 bits per heavy atom. The third-order valence-electron chi connectivity index (χ3n) is 2.20. The number of hydrogen-bond donors (Lipinski definition) is 1. The molecule has 86 valence electrons. The summed E-state index contributed by atoms with van der Waals surface area (Å²) in [6.45, 7) is 1.29. The Bertz CT molecular complexity index is 575. The fraction of sp³-hybridized carbons (Fsp3) is 0.0909. The number of aromatic nitrogens is 3. The number of carboxylic acid groups (broad SMARTS) is 1. The summed E-state index contributed by atoms with van der Waals surface area (Å²) >= 11 is 0. The van der Waals surface area contributed by atoms with Crippen molar-refractivity contribution >= 4 is 11.8 Å². The monoisotopic (exact) mass is 231 g/mol. The molecule has 2 rings (SSSR count). The van der Waals surface area contributed by atoms with Crippen molar-refractivity contribution in [3.63, 3.8) is 0 Å². The van der Waals surface area contributed by atoms with E-state index in [1.54, 1.807) is 24.4 Å². The molecule has 0 unspecified atom stereocenters. The number of hydrogen-bond acceptors (Lipinski definition) is 4. The summed E-state index contributed by atoms with van der Waals surface area (Å²) in [5, 5.41) is 12.8. The molecule has 2 heterocycles. The Hall–Kier alpha value is -2.50. The maximum absolute atomic E-state index is 11.5. The van der Waals surface area contributed by atoms with Crippen molar-refractivity contribution in [2.45, 2.75) is 6.92 Å². The van der Waals surface area contributed by atoms with Gasteiger partial charge in [-0.25, -0.2) is 14.5 Å². The first kappa shape index (κ1) is 11.0.